The molecule has 1 aromatic rings. The topological polar surface area (TPSA) is 97.0 Å². The number of anilines is 1. The first-order valence-corrected chi connectivity index (χ1v) is 9.28. The van der Waals surface area contributed by atoms with Crippen molar-refractivity contribution in [1.29, 1.82) is 0 Å². The quantitative estimate of drug-likeness (QED) is 0.786. The largest absolute Gasteiger partial charge is 0.495 e. The van der Waals surface area contributed by atoms with Gasteiger partial charge in [-0.25, -0.2) is 8.42 Å². The molecule has 1 aromatic carbocycles. The number of amides is 1. The fraction of sp³-hybridized carbons (Fsp3) is 0.533. The van der Waals surface area contributed by atoms with Gasteiger partial charge in [-0.2, -0.15) is 4.31 Å². The average molecular weight is 353 g/mol. The smallest absolute Gasteiger partial charge is 0.262 e. The van der Waals surface area contributed by atoms with Crippen LogP contribution in [0.4, 0.5) is 5.69 Å². The highest BCUT2D eigenvalue weighted by Gasteiger charge is 2.42. The van der Waals surface area contributed by atoms with Crippen molar-refractivity contribution in [3.63, 3.8) is 0 Å². The molecule has 4 rings (SSSR count). The Labute approximate surface area is 140 Å². The van der Waals surface area contributed by atoms with Crippen LogP contribution in [0, 0.1) is 11.8 Å². The standard InChI is InChI=1S/C15H19N3O5S/c1-22-13-2-11-12(23-8-15(19)17-11)3-14(13)24(20,21)18-6-9-4-16-5-10(9)7-18/h2-3,9-10,16H,4-8H2,1H3,(H,17,19)/t9-,10+. The summed E-state index contributed by atoms with van der Waals surface area (Å²) in [6, 6.07) is 2.94. The van der Waals surface area contributed by atoms with Gasteiger partial charge in [0.2, 0.25) is 10.0 Å². The van der Waals surface area contributed by atoms with Crippen molar-refractivity contribution in [3.8, 4) is 11.5 Å². The molecule has 0 spiro atoms. The van der Waals surface area contributed by atoms with E-state index in [2.05, 4.69) is 10.6 Å². The number of methoxy groups -OCH3 is 1. The molecule has 9 heteroatoms. The molecular formula is C15H19N3O5S. The SMILES string of the molecule is COc1cc2c(cc1S(=O)(=O)N1C[C@H]3CNC[C@H]3C1)OCC(=O)N2. The molecule has 2 atom stereocenters. The van der Waals surface area contributed by atoms with E-state index in [1.807, 2.05) is 0 Å². The summed E-state index contributed by atoms with van der Waals surface area (Å²) in [5.41, 5.74) is 0.421. The summed E-state index contributed by atoms with van der Waals surface area (Å²) in [5.74, 6) is 0.989. The maximum absolute atomic E-state index is 13.1. The van der Waals surface area contributed by atoms with E-state index in [9.17, 15) is 13.2 Å². The fourth-order valence-corrected chi connectivity index (χ4v) is 5.30. The molecule has 0 aromatic heterocycles. The van der Waals surface area contributed by atoms with Crippen LogP contribution in [0.15, 0.2) is 17.0 Å². The van der Waals surface area contributed by atoms with Crippen molar-refractivity contribution >= 4 is 21.6 Å². The molecule has 3 aliphatic heterocycles. The Balaban J connectivity index is 1.71. The van der Waals surface area contributed by atoms with Gasteiger partial charge in [0.05, 0.1) is 12.8 Å². The highest BCUT2D eigenvalue weighted by atomic mass is 32.2. The molecule has 2 N–H and O–H groups in total. The Morgan fingerprint density at radius 2 is 1.96 bits per heavy atom. The molecule has 24 heavy (non-hydrogen) atoms. The highest BCUT2D eigenvalue weighted by Crippen LogP contribution is 2.40. The highest BCUT2D eigenvalue weighted by molar-refractivity contribution is 7.89. The van der Waals surface area contributed by atoms with Crippen molar-refractivity contribution in [2.75, 3.05) is 45.2 Å². The van der Waals surface area contributed by atoms with Crippen LogP contribution in [-0.4, -0.2) is 58.5 Å². The molecule has 0 saturated carbocycles. The van der Waals surface area contributed by atoms with E-state index in [1.165, 1.54) is 23.5 Å². The zero-order valence-corrected chi connectivity index (χ0v) is 14.1. The van der Waals surface area contributed by atoms with Gasteiger partial charge in [0.1, 0.15) is 16.4 Å². The molecule has 1 amide bonds. The first-order valence-electron chi connectivity index (χ1n) is 7.84. The van der Waals surface area contributed by atoms with Crippen molar-refractivity contribution in [1.82, 2.24) is 9.62 Å². The van der Waals surface area contributed by atoms with Crippen LogP contribution in [0.25, 0.3) is 0 Å². The molecule has 8 nitrogen and oxygen atoms in total. The molecular weight excluding hydrogens is 334 g/mol. The fourth-order valence-electron chi connectivity index (χ4n) is 3.60. The Hall–Kier alpha value is -1.84. The van der Waals surface area contributed by atoms with Crippen molar-refractivity contribution in [3.05, 3.63) is 12.1 Å². The zero-order valence-electron chi connectivity index (χ0n) is 13.2. The van der Waals surface area contributed by atoms with Crippen LogP contribution in [0.5, 0.6) is 11.5 Å². The van der Waals surface area contributed by atoms with Gasteiger partial charge in [-0.1, -0.05) is 0 Å². The lowest BCUT2D eigenvalue weighted by Gasteiger charge is -2.23. The normalized spacial score (nSPS) is 26.5. The minimum atomic E-state index is -3.68. The number of nitrogens with zero attached hydrogens (tertiary/aromatic N) is 1. The maximum Gasteiger partial charge on any atom is 0.262 e. The third-order valence-corrected chi connectivity index (χ3v) is 6.73. The van der Waals surface area contributed by atoms with Crippen LogP contribution in [0.3, 0.4) is 0 Å². The van der Waals surface area contributed by atoms with E-state index in [1.54, 1.807) is 0 Å². The molecule has 0 radical (unpaired) electrons. The number of nitrogens with one attached hydrogen (secondary N) is 2. The molecule has 0 unspecified atom stereocenters. The van der Waals surface area contributed by atoms with E-state index in [4.69, 9.17) is 9.47 Å². The first kappa shape index (κ1) is 15.7. The lowest BCUT2D eigenvalue weighted by molar-refractivity contribution is -0.118. The second kappa shape index (κ2) is 5.61. The molecule has 2 saturated heterocycles. The third-order valence-electron chi connectivity index (χ3n) is 4.87. The predicted molar refractivity (Wildman–Crippen MR) is 85.7 cm³/mol. The summed E-state index contributed by atoms with van der Waals surface area (Å²) in [6.45, 7) is 2.61. The van der Waals surface area contributed by atoms with E-state index in [0.29, 0.717) is 36.4 Å². The summed E-state index contributed by atoms with van der Waals surface area (Å²) < 4.78 is 38.3. The summed E-state index contributed by atoms with van der Waals surface area (Å²) in [5, 5.41) is 5.95. The van der Waals surface area contributed by atoms with Crippen LogP contribution >= 0.6 is 0 Å². The minimum absolute atomic E-state index is 0.0767. The number of carbonyl (C=O) groups is 1. The van der Waals surface area contributed by atoms with Crippen LogP contribution in [-0.2, 0) is 14.8 Å². The summed E-state index contributed by atoms with van der Waals surface area (Å²) in [7, 11) is -2.27. The number of hydrogen-bond acceptors (Lipinski definition) is 6. The Morgan fingerprint density at radius 1 is 1.25 bits per heavy atom. The van der Waals surface area contributed by atoms with Gasteiger partial charge in [-0.05, 0) is 24.9 Å². The molecule has 3 heterocycles. The van der Waals surface area contributed by atoms with E-state index < -0.39 is 10.0 Å². The van der Waals surface area contributed by atoms with Gasteiger partial charge >= 0.3 is 0 Å². The average Bonchev–Trinajstić information content (AvgIpc) is 3.15. The van der Waals surface area contributed by atoms with E-state index >= 15 is 0 Å². The van der Waals surface area contributed by atoms with Crippen molar-refractivity contribution in [2.24, 2.45) is 11.8 Å². The van der Waals surface area contributed by atoms with Gasteiger partial charge in [-0.15, -0.1) is 0 Å². The Kier molecular flexibility index (Phi) is 3.66. The molecule has 130 valence electrons. The number of benzene rings is 1. The second-order valence-electron chi connectivity index (χ2n) is 6.34. The van der Waals surface area contributed by atoms with Gasteiger partial charge in [0, 0.05) is 25.2 Å². The lowest BCUT2D eigenvalue weighted by atomic mass is 10.0. The van der Waals surface area contributed by atoms with Crippen LogP contribution in [0.2, 0.25) is 0 Å². The van der Waals surface area contributed by atoms with Crippen LogP contribution in [0.1, 0.15) is 0 Å². The van der Waals surface area contributed by atoms with E-state index in [0.717, 1.165) is 13.1 Å². The number of carbonyl (C=O) groups excluding carboxylic acids is 1. The molecule has 2 fully saturated rings. The number of ether oxygens (including phenoxy) is 2. The van der Waals surface area contributed by atoms with Crippen LogP contribution < -0.4 is 20.1 Å². The van der Waals surface area contributed by atoms with Gasteiger partial charge in [0.25, 0.3) is 5.91 Å². The van der Waals surface area contributed by atoms with Crippen molar-refractivity contribution in [2.45, 2.75) is 4.90 Å². The molecule has 0 bridgehead atoms. The second-order valence-corrected chi connectivity index (χ2v) is 8.24. The van der Waals surface area contributed by atoms with Gasteiger partial charge < -0.3 is 20.1 Å². The summed E-state index contributed by atoms with van der Waals surface area (Å²) in [6.07, 6.45) is 0. The molecule has 0 aliphatic carbocycles. The lowest BCUT2D eigenvalue weighted by Crippen LogP contribution is -2.32. The number of rotatable bonds is 3. The number of hydrogen-bond donors (Lipinski definition) is 2. The van der Waals surface area contributed by atoms with Crippen molar-refractivity contribution < 1.29 is 22.7 Å². The Bertz CT molecular complexity index is 783. The first-order chi connectivity index (χ1) is 11.5. The predicted octanol–water partition coefficient (Wildman–Crippen LogP) is -0.134. The summed E-state index contributed by atoms with van der Waals surface area (Å²) >= 11 is 0. The maximum atomic E-state index is 13.1. The van der Waals surface area contributed by atoms with E-state index in [-0.39, 0.29) is 23.2 Å². The monoisotopic (exact) mass is 353 g/mol. The molecule has 3 aliphatic rings. The zero-order chi connectivity index (χ0) is 16.9. The summed E-state index contributed by atoms with van der Waals surface area (Å²) in [4.78, 5) is 11.5. The van der Waals surface area contributed by atoms with Gasteiger partial charge in [-0.3, -0.25) is 4.79 Å². The third kappa shape index (κ3) is 2.43. The Morgan fingerprint density at radius 3 is 2.62 bits per heavy atom. The number of fused-ring (bicyclic) bond motifs is 2. The van der Waals surface area contributed by atoms with Gasteiger partial charge in [0.15, 0.2) is 6.61 Å². The minimum Gasteiger partial charge on any atom is -0.495 e. The number of sulfonamides is 1.